The maximum absolute atomic E-state index is 13.5. The molecule has 1 unspecified atom stereocenters. The van der Waals surface area contributed by atoms with Crippen molar-refractivity contribution in [2.24, 2.45) is 0 Å². The number of aromatic nitrogens is 3. The van der Waals surface area contributed by atoms with Gasteiger partial charge in [-0.2, -0.15) is 13.2 Å². The topological polar surface area (TPSA) is 77.0 Å². The first-order valence-corrected chi connectivity index (χ1v) is 9.71. The van der Waals surface area contributed by atoms with Crippen LogP contribution in [0.25, 0.3) is 0 Å². The number of ether oxygens (including phenoxy) is 1. The van der Waals surface area contributed by atoms with Gasteiger partial charge in [-0.3, -0.25) is 9.78 Å². The predicted octanol–water partition coefficient (Wildman–Crippen LogP) is 5.63. The second-order valence-electron chi connectivity index (χ2n) is 6.79. The van der Waals surface area contributed by atoms with Crippen LogP contribution in [0.2, 0.25) is 5.02 Å². The molecule has 2 aromatic heterocycles. The van der Waals surface area contributed by atoms with Gasteiger partial charge in [0.25, 0.3) is 0 Å². The fourth-order valence-corrected chi connectivity index (χ4v) is 3.08. The Balaban J connectivity index is 1.67. The molecule has 0 aliphatic rings. The minimum Gasteiger partial charge on any atom is -0.457 e. The summed E-state index contributed by atoms with van der Waals surface area (Å²) in [5, 5.41) is 2.42. The second kappa shape index (κ2) is 9.90. The van der Waals surface area contributed by atoms with Crippen LogP contribution in [-0.2, 0) is 17.6 Å². The number of carbonyl (C=O) groups is 1. The average molecular weight is 469 g/mol. The van der Waals surface area contributed by atoms with Crippen molar-refractivity contribution in [3.8, 4) is 11.5 Å². The fourth-order valence-electron chi connectivity index (χ4n) is 2.79. The SMILES string of the molecule is CC(F)c1ncnc(NC(=O)Cc2cccc(Oc3ccnc(CC(F)(F)F)c3)c2)c1Cl. The highest BCUT2D eigenvalue weighted by Crippen LogP contribution is 2.29. The van der Waals surface area contributed by atoms with Gasteiger partial charge in [-0.1, -0.05) is 23.7 Å². The van der Waals surface area contributed by atoms with Gasteiger partial charge in [-0.05, 0) is 30.7 Å². The van der Waals surface area contributed by atoms with Gasteiger partial charge in [0.1, 0.15) is 29.0 Å². The van der Waals surface area contributed by atoms with Gasteiger partial charge in [0.15, 0.2) is 5.82 Å². The Morgan fingerprint density at radius 3 is 2.62 bits per heavy atom. The van der Waals surface area contributed by atoms with Crippen molar-refractivity contribution in [3.63, 3.8) is 0 Å². The molecule has 3 rings (SSSR count). The van der Waals surface area contributed by atoms with E-state index in [0.29, 0.717) is 11.3 Å². The van der Waals surface area contributed by atoms with Crippen molar-refractivity contribution < 1.29 is 27.1 Å². The number of amides is 1. The summed E-state index contributed by atoms with van der Waals surface area (Å²) in [5.41, 5.74) is 0.359. The Morgan fingerprint density at radius 1 is 1.16 bits per heavy atom. The Hall–Kier alpha value is -3.27. The van der Waals surface area contributed by atoms with Crippen molar-refractivity contribution in [2.45, 2.75) is 32.1 Å². The molecule has 1 atom stereocenters. The van der Waals surface area contributed by atoms with Gasteiger partial charge in [-0.15, -0.1) is 0 Å². The lowest BCUT2D eigenvalue weighted by Gasteiger charge is -2.11. The zero-order valence-corrected chi connectivity index (χ0v) is 17.4. The molecule has 1 N–H and O–H groups in total. The van der Waals surface area contributed by atoms with Gasteiger partial charge < -0.3 is 10.1 Å². The number of rotatable bonds is 7. The van der Waals surface area contributed by atoms with Crippen LogP contribution in [0.3, 0.4) is 0 Å². The number of hydrogen-bond acceptors (Lipinski definition) is 5. The molecule has 1 aromatic carbocycles. The molecule has 11 heteroatoms. The number of nitrogens with zero attached hydrogens (tertiary/aromatic N) is 3. The van der Waals surface area contributed by atoms with Gasteiger partial charge in [0.2, 0.25) is 5.91 Å². The Morgan fingerprint density at radius 2 is 1.91 bits per heavy atom. The normalized spacial score (nSPS) is 12.3. The molecule has 2 heterocycles. The maximum Gasteiger partial charge on any atom is 0.394 e. The van der Waals surface area contributed by atoms with Gasteiger partial charge >= 0.3 is 6.18 Å². The zero-order chi connectivity index (χ0) is 23.3. The molecule has 0 aliphatic heterocycles. The van der Waals surface area contributed by atoms with Crippen LogP contribution in [0.4, 0.5) is 23.4 Å². The summed E-state index contributed by atoms with van der Waals surface area (Å²) in [6.07, 6.45) is -4.73. The lowest BCUT2D eigenvalue weighted by atomic mass is 10.1. The summed E-state index contributed by atoms with van der Waals surface area (Å²) in [4.78, 5) is 23.7. The number of pyridine rings is 1. The molecule has 0 fully saturated rings. The number of benzene rings is 1. The third-order valence-corrected chi connectivity index (χ3v) is 4.49. The highest BCUT2D eigenvalue weighted by molar-refractivity contribution is 6.34. The summed E-state index contributed by atoms with van der Waals surface area (Å²) in [5.74, 6) is 0.0405. The van der Waals surface area contributed by atoms with E-state index in [2.05, 4.69) is 20.3 Å². The van der Waals surface area contributed by atoms with Crippen molar-refractivity contribution in [1.29, 1.82) is 0 Å². The van der Waals surface area contributed by atoms with Gasteiger partial charge in [0.05, 0.1) is 24.2 Å². The summed E-state index contributed by atoms with van der Waals surface area (Å²) < 4.78 is 56.8. The number of carbonyl (C=O) groups excluding carboxylic acids is 1. The van der Waals surface area contributed by atoms with Crippen molar-refractivity contribution >= 4 is 23.3 Å². The third-order valence-electron chi connectivity index (χ3n) is 4.12. The smallest absolute Gasteiger partial charge is 0.394 e. The monoisotopic (exact) mass is 468 g/mol. The number of hydrogen-bond donors (Lipinski definition) is 1. The van der Waals surface area contributed by atoms with Crippen molar-refractivity contribution in [3.05, 3.63) is 70.9 Å². The van der Waals surface area contributed by atoms with E-state index >= 15 is 0 Å². The highest BCUT2D eigenvalue weighted by Gasteiger charge is 2.28. The molecule has 6 nitrogen and oxygen atoms in total. The van der Waals surface area contributed by atoms with E-state index in [9.17, 15) is 22.4 Å². The maximum atomic E-state index is 13.5. The molecule has 3 aromatic rings. The zero-order valence-electron chi connectivity index (χ0n) is 16.7. The van der Waals surface area contributed by atoms with Crippen LogP contribution in [0.5, 0.6) is 11.5 Å². The minimum atomic E-state index is -4.38. The van der Waals surface area contributed by atoms with Gasteiger partial charge in [-0.25, -0.2) is 14.4 Å². The van der Waals surface area contributed by atoms with Crippen LogP contribution >= 0.6 is 11.6 Å². The van der Waals surface area contributed by atoms with Gasteiger partial charge in [0, 0.05) is 12.3 Å². The molecule has 1 amide bonds. The first-order valence-electron chi connectivity index (χ1n) is 9.33. The van der Waals surface area contributed by atoms with E-state index in [1.165, 1.54) is 25.3 Å². The van der Waals surface area contributed by atoms with Crippen molar-refractivity contribution in [2.75, 3.05) is 5.32 Å². The summed E-state index contributed by atoms with van der Waals surface area (Å²) in [6, 6.07) is 9.11. The summed E-state index contributed by atoms with van der Waals surface area (Å²) in [7, 11) is 0. The predicted molar refractivity (Wildman–Crippen MR) is 109 cm³/mol. The Bertz CT molecular complexity index is 1110. The Kier molecular flexibility index (Phi) is 7.24. The van der Waals surface area contributed by atoms with E-state index in [-0.39, 0.29) is 34.4 Å². The molecular weight excluding hydrogens is 452 g/mol. The lowest BCUT2D eigenvalue weighted by molar-refractivity contribution is -0.127. The average Bonchev–Trinajstić information content (AvgIpc) is 2.68. The van der Waals surface area contributed by atoms with E-state index < -0.39 is 24.7 Å². The molecule has 32 heavy (non-hydrogen) atoms. The highest BCUT2D eigenvalue weighted by atomic mass is 35.5. The Labute approximate surface area is 185 Å². The van der Waals surface area contributed by atoms with Crippen LogP contribution in [0.1, 0.15) is 30.0 Å². The summed E-state index contributed by atoms with van der Waals surface area (Å²) in [6.45, 7) is 1.26. The second-order valence-corrected chi connectivity index (χ2v) is 7.16. The van der Waals surface area contributed by atoms with E-state index in [0.717, 1.165) is 6.33 Å². The van der Waals surface area contributed by atoms with Crippen LogP contribution in [0.15, 0.2) is 48.9 Å². The van der Waals surface area contributed by atoms with Crippen LogP contribution in [0, 0.1) is 0 Å². The first kappa shape index (κ1) is 23.4. The number of nitrogens with one attached hydrogen (secondary N) is 1. The largest absolute Gasteiger partial charge is 0.457 e. The molecule has 0 bridgehead atoms. The minimum absolute atomic E-state index is 0.00690. The molecule has 0 aliphatic carbocycles. The number of anilines is 1. The van der Waals surface area contributed by atoms with E-state index in [4.69, 9.17) is 16.3 Å². The molecule has 0 saturated carbocycles. The number of halogens is 5. The van der Waals surface area contributed by atoms with E-state index in [1.54, 1.807) is 24.3 Å². The summed E-state index contributed by atoms with van der Waals surface area (Å²) >= 11 is 6.04. The first-order chi connectivity index (χ1) is 15.1. The van der Waals surface area contributed by atoms with E-state index in [1.807, 2.05) is 0 Å². The molecule has 0 radical (unpaired) electrons. The molecule has 168 valence electrons. The quantitative estimate of drug-likeness (QED) is 0.454. The number of alkyl halides is 4. The molecule has 0 saturated heterocycles. The van der Waals surface area contributed by atoms with Crippen LogP contribution < -0.4 is 10.1 Å². The third kappa shape index (κ3) is 6.61. The fraction of sp³-hybridized carbons (Fsp3) is 0.238. The lowest BCUT2D eigenvalue weighted by Crippen LogP contribution is -2.16. The standard InChI is InChI=1S/C21H17ClF4N4O2/c1-12(23)19-18(22)20(29-11-28-19)30-17(31)8-13-3-2-4-15(7-13)32-16-5-6-27-14(9-16)10-21(24,25)26/h2-7,9,11-12H,8,10H2,1H3,(H,28,29,30,31). The van der Waals surface area contributed by atoms with Crippen molar-refractivity contribution in [1.82, 2.24) is 15.0 Å². The molecule has 0 spiro atoms. The van der Waals surface area contributed by atoms with Crippen LogP contribution in [-0.4, -0.2) is 27.0 Å². The molecular formula is C21H17ClF4N4O2.